The second kappa shape index (κ2) is 6.89. The summed E-state index contributed by atoms with van der Waals surface area (Å²) < 4.78 is 0. The summed E-state index contributed by atoms with van der Waals surface area (Å²) >= 11 is 0. The van der Waals surface area contributed by atoms with Gasteiger partial charge in [0, 0.05) is 5.69 Å². The Morgan fingerprint density at radius 2 is 1.95 bits per heavy atom. The van der Waals surface area contributed by atoms with Crippen LogP contribution in [0, 0.1) is 5.92 Å². The Hall–Kier alpha value is -1.88. The molecule has 1 unspecified atom stereocenters. The summed E-state index contributed by atoms with van der Waals surface area (Å²) in [7, 11) is 0. The highest BCUT2D eigenvalue weighted by Crippen LogP contribution is 2.17. The van der Waals surface area contributed by atoms with Gasteiger partial charge >= 0.3 is 0 Å². The van der Waals surface area contributed by atoms with Gasteiger partial charge < -0.3 is 16.8 Å². The number of hydrogen-bond donors (Lipinski definition) is 3. The third kappa shape index (κ3) is 4.37. The number of para-hydroxylation sites is 1. The number of anilines is 1. The fourth-order valence-corrected chi connectivity index (χ4v) is 1.71. The molecule has 104 valence electrons. The molecule has 0 aliphatic heterocycles. The molecule has 1 aromatic rings. The minimum Gasteiger partial charge on any atom is -0.369 e. The Kier molecular flexibility index (Phi) is 5.51. The van der Waals surface area contributed by atoms with Crippen molar-refractivity contribution < 1.29 is 9.59 Å². The number of benzene rings is 1. The van der Waals surface area contributed by atoms with E-state index in [2.05, 4.69) is 5.32 Å². The van der Waals surface area contributed by atoms with Crippen LogP contribution in [0.15, 0.2) is 24.3 Å². The smallest absolute Gasteiger partial charge is 0.241 e. The molecule has 1 rings (SSSR count). The van der Waals surface area contributed by atoms with E-state index in [1.54, 1.807) is 24.3 Å². The standard InChI is InChI=1S/C14H21N3O2/c1-3-9(2)13(16)14(19)17-11-7-5-4-6-10(11)8-12(15)18/h4-7,9,13H,3,8,16H2,1-2H3,(H2,15,18)(H,17,19)/t9?,13-/m0/s1. The van der Waals surface area contributed by atoms with Gasteiger partial charge in [-0.1, -0.05) is 38.5 Å². The van der Waals surface area contributed by atoms with Gasteiger partial charge in [-0.15, -0.1) is 0 Å². The molecule has 0 spiro atoms. The molecule has 5 N–H and O–H groups in total. The van der Waals surface area contributed by atoms with E-state index in [4.69, 9.17) is 11.5 Å². The van der Waals surface area contributed by atoms with Crippen LogP contribution in [0.5, 0.6) is 0 Å². The molecule has 0 fully saturated rings. The Balaban J connectivity index is 2.81. The average molecular weight is 263 g/mol. The number of carbonyl (C=O) groups is 2. The molecule has 1 aromatic carbocycles. The zero-order valence-electron chi connectivity index (χ0n) is 11.3. The molecular formula is C14H21N3O2. The lowest BCUT2D eigenvalue weighted by molar-refractivity contribution is -0.119. The fourth-order valence-electron chi connectivity index (χ4n) is 1.71. The van der Waals surface area contributed by atoms with E-state index in [0.29, 0.717) is 11.3 Å². The Labute approximate surface area is 113 Å². The molecular weight excluding hydrogens is 242 g/mol. The van der Waals surface area contributed by atoms with E-state index in [1.807, 2.05) is 13.8 Å². The van der Waals surface area contributed by atoms with Crippen LogP contribution in [-0.4, -0.2) is 17.9 Å². The highest BCUT2D eigenvalue weighted by atomic mass is 16.2. The molecule has 2 amide bonds. The number of rotatable bonds is 6. The molecule has 0 saturated carbocycles. The van der Waals surface area contributed by atoms with Crippen LogP contribution in [0.2, 0.25) is 0 Å². The van der Waals surface area contributed by atoms with E-state index in [1.165, 1.54) is 0 Å². The van der Waals surface area contributed by atoms with E-state index in [0.717, 1.165) is 6.42 Å². The lowest BCUT2D eigenvalue weighted by Crippen LogP contribution is -2.40. The van der Waals surface area contributed by atoms with Crippen molar-refractivity contribution >= 4 is 17.5 Å². The Morgan fingerprint density at radius 3 is 2.53 bits per heavy atom. The highest BCUT2D eigenvalue weighted by Gasteiger charge is 2.20. The molecule has 0 aromatic heterocycles. The molecule has 0 aliphatic carbocycles. The molecule has 0 radical (unpaired) electrons. The fraction of sp³-hybridized carbons (Fsp3) is 0.429. The van der Waals surface area contributed by atoms with Gasteiger partial charge in [0.05, 0.1) is 12.5 Å². The van der Waals surface area contributed by atoms with Gasteiger partial charge in [0.2, 0.25) is 11.8 Å². The SMILES string of the molecule is CCC(C)[C@H](N)C(=O)Nc1ccccc1CC(N)=O. The number of nitrogens with one attached hydrogen (secondary N) is 1. The first-order chi connectivity index (χ1) is 8.95. The normalized spacial score (nSPS) is 13.6. The number of amides is 2. The van der Waals surface area contributed by atoms with E-state index in [9.17, 15) is 9.59 Å². The number of nitrogens with two attached hydrogens (primary N) is 2. The topological polar surface area (TPSA) is 98.2 Å². The minimum atomic E-state index is -0.563. The van der Waals surface area contributed by atoms with Crippen LogP contribution in [0.4, 0.5) is 5.69 Å². The third-order valence-electron chi connectivity index (χ3n) is 3.20. The predicted molar refractivity (Wildman–Crippen MR) is 75.4 cm³/mol. The minimum absolute atomic E-state index is 0.0923. The summed E-state index contributed by atoms with van der Waals surface area (Å²) in [4.78, 5) is 23.0. The monoisotopic (exact) mass is 263 g/mol. The van der Waals surface area contributed by atoms with Crippen LogP contribution in [0.1, 0.15) is 25.8 Å². The van der Waals surface area contributed by atoms with Gasteiger partial charge in [0.1, 0.15) is 0 Å². The van der Waals surface area contributed by atoms with Crippen LogP contribution in [-0.2, 0) is 16.0 Å². The highest BCUT2D eigenvalue weighted by molar-refractivity contribution is 5.96. The van der Waals surface area contributed by atoms with Crippen LogP contribution < -0.4 is 16.8 Å². The van der Waals surface area contributed by atoms with Crippen molar-refractivity contribution in [2.45, 2.75) is 32.7 Å². The second-order valence-corrected chi connectivity index (χ2v) is 4.70. The largest absolute Gasteiger partial charge is 0.369 e. The van der Waals surface area contributed by atoms with Crippen molar-refractivity contribution in [2.75, 3.05) is 5.32 Å². The first-order valence-electron chi connectivity index (χ1n) is 6.38. The van der Waals surface area contributed by atoms with Gasteiger partial charge in [-0.25, -0.2) is 0 Å². The van der Waals surface area contributed by atoms with Crippen molar-refractivity contribution in [1.29, 1.82) is 0 Å². The van der Waals surface area contributed by atoms with Gasteiger partial charge in [-0.05, 0) is 17.5 Å². The Morgan fingerprint density at radius 1 is 1.32 bits per heavy atom. The molecule has 5 nitrogen and oxygen atoms in total. The molecule has 19 heavy (non-hydrogen) atoms. The number of hydrogen-bond acceptors (Lipinski definition) is 3. The molecule has 0 aliphatic rings. The second-order valence-electron chi connectivity index (χ2n) is 4.70. The van der Waals surface area contributed by atoms with Gasteiger partial charge in [0.15, 0.2) is 0 Å². The summed E-state index contributed by atoms with van der Waals surface area (Å²) in [6.07, 6.45) is 0.923. The van der Waals surface area contributed by atoms with E-state index >= 15 is 0 Å². The first kappa shape index (κ1) is 15.2. The maximum absolute atomic E-state index is 12.0. The molecule has 0 saturated heterocycles. The zero-order valence-corrected chi connectivity index (χ0v) is 11.3. The zero-order chi connectivity index (χ0) is 14.4. The molecule has 0 heterocycles. The maximum atomic E-state index is 12.0. The van der Waals surface area contributed by atoms with Crippen molar-refractivity contribution in [3.63, 3.8) is 0 Å². The van der Waals surface area contributed by atoms with Crippen molar-refractivity contribution in [3.05, 3.63) is 29.8 Å². The van der Waals surface area contributed by atoms with Gasteiger partial charge in [-0.3, -0.25) is 9.59 Å². The summed E-state index contributed by atoms with van der Waals surface area (Å²) in [5, 5.41) is 2.76. The average Bonchev–Trinajstić information content (AvgIpc) is 2.38. The van der Waals surface area contributed by atoms with Crippen LogP contribution in [0.3, 0.4) is 0 Å². The van der Waals surface area contributed by atoms with Crippen molar-refractivity contribution in [2.24, 2.45) is 17.4 Å². The van der Waals surface area contributed by atoms with Crippen molar-refractivity contribution in [1.82, 2.24) is 0 Å². The summed E-state index contributed by atoms with van der Waals surface area (Å²) in [6, 6.07) is 6.51. The van der Waals surface area contributed by atoms with E-state index < -0.39 is 11.9 Å². The lowest BCUT2D eigenvalue weighted by atomic mass is 9.99. The predicted octanol–water partition coefficient (Wildman–Crippen LogP) is 1.03. The molecule has 2 atom stereocenters. The van der Waals surface area contributed by atoms with E-state index in [-0.39, 0.29) is 18.2 Å². The quantitative estimate of drug-likeness (QED) is 0.714. The Bertz CT molecular complexity index is 460. The van der Waals surface area contributed by atoms with Crippen LogP contribution in [0.25, 0.3) is 0 Å². The third-order valence-corrected chi connectivity index (χ3v) is 3.20. The number of carbonyl (C=O) groups excluding carboxylic acids is 2. The summed E-state index contributed by atoms with van der Waals surface area (Å²) in [6.45, 7) is 3.92. The van der Waals surface area contributed by atoms with Gasteiger partial charge in [-0.2, -0.15) is 0 Å². The number of primary amides is 1. The summed E-state index contributed by atoms with van der Waals surface area (Å²) in [5.74, 6) is -0.581. The molecule has 0 bridgehead atoms. The van der Waals surface area contributed by atoms with Crippen molar-refractivity contribution in [3.8, 4) is 0 Å². The van der Waals surface area contributed by atoms with Gasteiger partial charge in [0.25, 0.3) is 0 Å². The van der Waals surface area contributed by atoms with Crippen LogP contribution >= 0.6 is 0 Å². The maximum Gasteiger partial charge on any atom is 0.241 e. The molecule has 5 heteroatoms. The lowest BCUT2D eigenvalue weighted by Gasteiger charge is -2.18. The first-order valence-corrected chi connectivity index (χ1v) is 6.38. The summed E-state index contributed by atoms with van der Waals surface area (Å²) in [5.41, 5.74) is 12.3.